The maximum absolute atomic E-state index is 2.44. The zero-order chi connectivity index (χ0) is 34.0. The fourth-order valence-corrected chi connectivity index (χ4v) is 10.1. The molecule has 9 aromatic carbocycles. The van der Waals surface area contributed by atoms with Crippen LogP contribution in [0.1, 0.15) is 22.3 Å². The summed E-state index contributed by atoms with van der Waals surface area (Å²) in [4.78, 5) is 0. The third-order valence-electron chi connectivity index (χ3n) is 12.0. The number of nitrogens with zero attached hydrogens (tertiary/aromatic N) is 1. The molecular formula is C51H31N. The maximum atomic E-state index is 2.44. The Kier molecular flexibility index (Phi) is 5.49. The first-order valence-electron chi connectivity index (χ1n) is 18.2. The Balaban J connectivity index is 1.24. The molecule has 10 aromatic rings. The second-order valence-electron chi connectivity index (χ2n) is 14.3. The van der Waals surface area contributed by atoms with E-state index in [1.54, 1.807) is 0 Å². The van der Waals surface area contributed by atoms with Gasteiger partial charge in [0, 0.05) is 16.5 Å². The average molecular weight is 658 g/mol. The summed E-state index contributed by atoms with van der Waals surface area (Å²) in [5.74, 6) is 0. The fraction of sp³-hybridized carbons (Fsp3) is 0.0196. The predicted molar refractivity (Wildman–Crippen MR) is 218 cm³/mol. The van der Waals surface area contributed by atoms with E-state index in [0.29, 0.717) is 0 Å². The van der Waals surface area contributed by atoms with Gasteiger partial charge in [-0.1, -0.05) is 158 Å². The molecule has 52 heavy (non-hydrogen) atoms. The van der Waals surface area contributed by atoms with Crippen molar-refractivity contribution in [2.75, 3.05) is 0 Å². The number of para-hydroxylation sites is 2. The van der Waals surface area contributed by atoms with Gasteiger partial charge in [0.2, 0.25) is 0 Å². The lowest BCUT2D eigenvalue weighted by Gasteiger charge is -2.40. The molecule has 0 fully saturated rings. The van der Waals surface area contributed by atoms with E-state index in [2.05, 4.69) is 193 Å². The molecule has 0 radical (unpaired) electrons. The first-order chi connectivity index (χ1) is 25.8. The molecule has 2 aliphatic carbocycles. The summed E-state index contributed by atoms with van der Waals surface area (Å²) in [5.41, 5.74) is 16.5. The number of hydrogen-bond acceptors (Lipinski definition) is 0. The smallest absolute Gasteiger partial charge is 0.0725 e. The summed E-state index contributed by atoms with van der Waals surface area (Å²) < 4.78 is 2.40. The summed E-state index contributed by atoms with van der Waals surface area (Å²) in [6.07, 6.45) is 0. The van der Waals surface area contributed by atoms with Crippen molar-refractivity contribution in [3.63, 3.8) is 0 Å². The molecule has 1 aromatic heterocycles. The van der Waals surface area contributed by atoms with Gasteiger partial charge in [-0.3, -0.25) is 0 Å². The van der Waals surface area contributed by atoms with Crippen molar-refractivity contribution >= 4 is 43.4 Å². The quantitative estimate of drug-likeness (QED) is 0.163. The van der Waals surface area contributed by atoms with E-state index in [4.69, 9.17) is 0 Å². The molecule has 0 amide bonds. The minimum absolute atomic E-state index is 0.428. The van der Waals surface area contributed by atoms with Crippen LogP contribution in [-0.2, 0) is 5.41 Å². The second-order valence-corrected chi connectivity index (χ2v) is 14.3. The molecule has 2 aliphatic rings. The Morgan fingerprint density at radius 3 is 1.58 bits per heavy atom. The highest BCUT2D eigenvalue weighted by Crippen LogP contribution is 2.63. The standard InChI is InChI=1S/C51H31N/c1-2-15-33(16-3-1)52-46-28-13-9-19-36(46)41-31-32(29-30-47(41)52)48-37-20-4-5-21-38(37)49-39-22-8-12-26-44(39)51(45-27-14-23-40(48)50(45)49)42-24-10-6-17-34(42)35-18-7-11-25-43(35)51/h1-31H. The zero-order valence-electron chi connectivity index (χ0n) is 28.3. The van der Waals surface area contributed by atoms with E-state index in [1.807, 2.05) is 0 Å². The van der Waals surface area contributed by atoms with Crippen molar-refractivity contribution in [2.45, 2.75) is 5.41 Å². The molecule has 12 rings (SSSR count). The molecular weight excluding hydrogens is 627 g/mol. The monoisotopic (exact) mass is 657 g/mol. The van der Waals surface area contributed by atoms with Crippen LogP contribution in [0.15, 0.2) is 188 Å². The first kappa shape index (κ1) is 28.0. The Morgan fingerprint density at radius 1 is 0.327 bits per heavy atom. The number of aromatic nitrogens is 1. The van der Waals surface area contributed by atoms with Gasteiger partial charge < -0.3 is 4.57 Å². The van der Waals surface area contributed by atoms with Crippen LogP contribution in [0.4, 0.5) is 0 Å². The molecule has 0 saturated heterocycles. The van der Waals surface area contributed by atoms with E-state index in [-0.39, 0.29) is 0 Å². The fourth-order valence-electron chi connectivity index (χ4n) is 10.1. The van der Waals surface area contributed by atoms with Gasteiger partial charge in [-0.2, -0.15) is 0 Å². The molecule has 1 heterocycles. The third kappa shape index (κ3) is 3.38. The topological polar surface area (TPSA) is 4.93 Å². The lowest BCUT2D eigenvalue weighted by atomic mass is 9.60. The van der Waals surface area contributed by atoms with Gasteiger partial charge in [0.15, 0.2) is 0 Å². The first-order valence-corrected chi connectivity index (χ1v) is 18.2. The highest BCUT2D eigenvalue weighted by Gasteiger charge is 2.50. The van der Waals surface area contributed by atoms with Crippen LogP contribution < -0.4 is 0 Å². The highest BCUT2D eigenvalue weighted by molar-refractivity contribution is 6.25. The van der Waals surface area contributed by atoms with Crippen LogP contribution >= 0.6 is 0 Å². The van der Waals surface area contributed by atoms with Gasteiger partial charge in [-0.15, -0.1) is 0 Å². The van der Waals surface area contributed by atoms with Crippen LogP contribution in [0.25, 0.3) is 82.4 Å². The SMILES string of the molecule is c1ccc(-n2c3ccccc3c3cc(-c4c5ccccc5c5c6c(cccc46)C4(c6ccccc6-c6ccccc64)c4ccccc4-5)ccc32)cc1. The summed E-state index contributed by atoms with van der Waals surface area (Å²) in [7, 11) is 0. The van der Waals surface area contributed by atoms with Gasteiger partial charge in [0.25, 0.3) is 0 Å². The van der Waals surface area contributed by atoms with E-state index in [1.165, 1.54) is 105 Å². The van der Waals surface area contributed by atoms with Gasteiger partial charge in [-0.25, -0.2) is 0 Å². The molecule has 0 N–H and O–H groups in total. The van der Waals surface area contributed by atoms with E-state index in [9.17, 15) is 0 Å². The number of benzene rings is 9. The zero-order valence-corrected chi connectivity index (χ0v) is 28.3. The Hall–Kier alpha value is -6.70. The summed E-state index contributed by atoms with van der Waals surface area (Å²) in [6, 6.07) is 70.2. The van der Waals surface area contributed by atoms with Gasteiger partial charge in [0.1, 0.15) is 0 Å². The maximum Gasteiger partial charge on any atom is 0.0725 e. The predicted octanol–water partition coefficient (Wildman–Crippen LogP) is 13.1. The van der Waals surface area contributed by atoms with Crippen LogP contribution in [0, 0.1) is 0 Å². The molecule has 0 unspecified atom stereocenters. The lowest BCUT2D eigenvalue weighted by Crippen LogP contribution is -2.31. The van der Waals surface area contributed by atoms with Crippen molar-refractivity contribution in [1.82, 2.24) is 4.57 Å². The third-order valence-corrected chi connectivity index (χ3v) is 12.0. The molecule has 0 atom stereocenters. The van der Waals surface area contributed by atoms with Crippen molar-refractivity contribution in [3.8, 4) is 39.1 Å². The van der Waals surface area contributed by atoms with Crippen LogP contribution in [0.3, 0.4) is 0 Å². The van der Waals surface area contributed by atoms with Gasteiger partial charge in [0.05, 0.1) is 16.4 Å². The van der Waals surface area contributed by atoms with E-state index in [0.717, 1.165) is 0 Å². The highest BCUT2D eigenvalue weighted by atomic mass is 15.0. The molecule has 0 saturated carbocycles. The van der Waals surface area contributed by atoms with Gasteiger partial charge >= 0.3 is 0 Å². The number of rotatable bonds is 2. The van der Waals surface area contributed by atoms with Crippen molar-refractivity contribution in [2.24, 2.45) is 0 Å². The van der Waals surface area contributed by atoms with Crippen molar-refractivity contribution in [3.05, 3.63) is 210 Å². The summed E-state index contributed by atoms with van der Waals surface area (Å²) in [5, 5.41) is 7.77. The van der Waals surface area contributed by atoms with E-state index < -0.39 is 5.41 Å². The van der Waals surface area contributed by atoms with E-state index >= 15 is 0 Å². The summed E-state index contributed by atoms with van der Waals surface area (Å²) >= 11 is 0. The molecule has 0 aliphatic heterocycles. The molecule has 1 nitrogen and oxygen atoms in total. The molecule has 0 bridgehead atoms. The van der Waals surface area contributed by atoms with Crippen molar-refractivity contribution < 1.29 is 0 Å². The molecule has 240 valence electrons. The number of fused-ring (bicyclic) bond motifs is 14. The second kappa shape index (κ2) is 10.2. The van der Waals surface area contributed by atoms with Crippen LogP contribution in [0.2, 0.25) is 0 Å². The Morgan fingerprint density at radius 2 is 0.846 bits per heavy atom. The van der Waals surface area contributed by atoms with Gasteiger partial charge in [-0.05, 0) is 108 Å². The van der Waals surface area contributed by atoms with Crippen molar-refractivity contribution in [1.29, 1.82) is 0 Å². The summed E-state index contributed by atoms with van der Waals surface area (Å²) in [6.45, 7) is 0. The Bertz CT molecular complexity index is 3080. The minimum Gasteiger partial charge on any atom is -0.309 e. The minimum atomic E-state index is -0.428. The largest absolute Gasteiger partial charge is 0.309 e. The number of hydrogen-bond donors (Lipinski definition) is 0. The molecule has 1 spiro atoms. The average Bonchev–Trinajstić information content (AvgIpc) is 3.70. The molecule has 1 heteroatoms. The normalized spacial score (nSPS) is 13.5. The van der Waals surface area contributed by atoms with Crippen LogP contribution in [0.5, 0.6) is 0 Å². The Labute approximate surface area is 301 Å². The lowest BCUT2D eigenvalue weighted by molar-refractivity contribution is 0.774. The van der Waals surface area contributed by atoms with Crippen LogP contribution in [-0.4, -0.2) is 4.57 Å².